The predicted octanol–water partition coefficient (Wildman–Crippen LogP) is 5.70. The summed E-state index contributed by atoms with van der Waals surface area (Å²) in [5, 5.41) is 0.325. The minimum atomic E-state index is -3.16. The van der Waals surface area contributed by atoms with Crippen LogP contribution in [0.2, 0.25) is 5.02 Å². The first kappa shape index (κ1) is 23.8. The third kappa shape index (κ3) is 4.79. The Kier molecular flexibility index (Phi) is 7.89. The molecule has 1 atom stereocenters. The Labute approximate surface area is 193 Å². The number of carbonyl (C=O) groups excluding carboxylic acids is 2. The van der Waals surface area contributed by atoms with E-state index in [0.717, 1.165) is 0 Å². The molecule has 0 fully saturated rings. The summed E-state index contributed by atoms with van der Waals surface area (Å²) in [4.78, 5) is 26.5. The number of carbonyl (C=O) groups is 2. The van der Waals surface area contributed by atoms with Crippen molar-refractivity contribution in [3.8, 4) is 11.5 Å². The van der Waals surface area contributed by atoms with Gasteiger partial charge >= 0.3 is 0 Å². The summed E-state index contributed by atoms with van der Waals surface area (Å²) in [6.07, 6.45) is 0. The smallest absolute Gasteiger partial charge is 0.224 e. The highest BCUT2D eigenvalue weighted by Crippen LogP contribution is 2.40. The molecule has 3 aromatic carbocycles. The van der Waals surface area contributed by atoms with Gasteiger partial charge in [0.15, 0.2) is 13.6 Å². The van der Waals surface area contributed by atoms with Crippen molar-refractivity contribution in [2.45, 2.75) is 20.8 Å². The zero-order valence-corrected chi connectivity index (χ0v) is 19.9. The molecule has 0 aromatic heterocycles. The summed E-state index contributed by atoms with van der Waals surface area (Å²) in [7, 11) is -3.16. The summed E-state index contributed by atoms with van der Waals surface area (Å²) in [6.45, 7) is 5.77. The first-order valence-electron chi connectivity index (χ1n) is 10.3. The van der Waals surface area contributed by atoms with Crippen LogP contribution in [0.25, 0.3) is 0 Å². The van der Waals surface area contributed by atoms with Crippen molar-refractivity contribution in [2.24, 2.45) is 0 Å². The third-order valence-electron chi connectivity index (χ3n) is 4.87. The normalized spacial score (nSPS) is 11.6. The standard InChI is InChI=1S/C25H24ClO5P/c1-4-30-20-15-14-18(22(27)17-11-7-6-8-12-17)23(31-5-2)24(20)32(29)25(28)21-16(3)10-9-13-19(21)26/h6-15,32H,4-5H2,1-3H3. The van der Waals surface area contributed by atoms with E-state index >= 15 is 0 Å². The van der Waals surface area contributed by atoms with Gasteiger partial charge in [-0.25, -0.2) is 0 Å². The molecule has 0 radical (unpaired) electrons. The number of ketones is 1. The van der Waals surface area contributed by atoms with Gasteiger partial charge in [0.25, 0.3) is 0 Å². The second-order valence-corrected chi connectivity index (χ2v) is 8.99. The van der Waals surface area contributed by atoms with Crippen LogP contribution < -0.4 is 14.8 Å². The van der Waals surface area contributed by atoms with Crippen molar-refractivity contribution in [3.05, 3.63) is 87.9 Å². The van der Waals surface area contributed by atoms with Crippen LogP contribution in [0.15, 0.2) is 60.7 Å². The predicted molar refractivity (Wildman–Crippen MR) is 128 cm³/mol. The summed E-state index contributed by atoms with van der Waals surface area (Å²) >= 11 is 6.26. The number of hydrogen-bond donors (Lipinski definition) is 0. The van der Waals surface area contributed by atoms with Crippen LogP contribution in [0.4, 0.5) is 0 Å². The van der Waals surface area contributed by atoms with Crippen molar-refractivity contribution in [1.82, 2.24) is 0 Å². The van der Waals surface area contributed by atoms with E-state index in [4.69, 9.17) is 21.1 Å². The monoisotopic (exact) mass is 470 g/mol. The lowest BCUT2D eigenvalue weighted by Gasteiger charge is -2.18. The number of halogens is 1. The van der Waals surface area contributed by atoms with E-state index in [0.29, 0.717) is 17.7 Å². The Morgan fingerprint density at radius 1 is 0.906 bits per heavy atom. The number of aryl methyl sites for hydroxylation is 1. The van der Waals surface area contributed by atoms with Gasteiger partial charge in [-0.05, 0) is 44.5 Å². The molecule has 3 rings (SSSR count). The highest BCUT2D eigenvalue weighted by Gasteiger charge is 2.30. The van der Waals surface area contributed by atoms with E-state index in [-0.39, 0.29) is 45.3 Å². The average molecular weight is 471 g/mol. The lowest BCUT2D eigenvalue weighted by molar-refractivity contribution is 0.103. The number of ether oxygens (including phenoxy) is 2. The largest absolute Gasteiger partial charge is 0.493 e. The van der Waals surface area contributed by atoms with Gasteiger partial charge in [-0.15, -0.1) is 0 Å². The highest BCUT2D eigenvalue weighted by atomic mass is 35.5. The minimum absolute atomic E-state index is 0.102. The van der Waals surface area contributed by atoms with Crippen molar-refractivity contribution >= 4 is 36.0 Å². The lowest BCUT2D eigenvalue weighted by Crippen LogP contribution is -2.18. The van der Waals surface area contributed by atoms with Crippen molar-refractivity contribution in [3.63, 3.8) is 0 Å². The van der Waals surface area contributed by atoms with Gasteiger partial charge in [0.2, 0.25) is 5.52 Å². The van der Waals surface area contributed by atoms with Crippen molar-refractivity contribution < 1.29 is 23.6 Å². The molecule has 32 heavy (non-hydrogen) atoms. The molecule has 1 unspecified atom stereocenters. The van der Waals surface area contributed by atoms with Crippen LogP contribution in [0.3, 0.4) is 0 Å². The zero-order valence-electron chi connectivity index (χ0n) is 18.1. The van der Waals surface area contributed by atoms with E-state index in [9.17, 15) is 14.2 Å². The molecular weight excluding hydrogens is 447 g/mol. The van der Waals surface area contributed by atoms with Crippen LogP contribution in [0, 0.1) is 6.92 Å². The molecule has 0 heterocycles. The Bertz CT molecular complexity index is 1150. The molecule has 7 heteroatoms. The average Bonchev–Trinajstić information content (AvgIpc) is 2.79. The third-order valence-corrected chi connectivity index (χ3v) is 6.78. The van der Waals surface area contributed by atoms with Crippen LogP contribution >= 0.6 is 19.4 Å². The van der Waals surface area contributed by atoms with Crippen LogP contribution in [0.5, 0.6) is 11.5 Å². The van der Waals surface area contributed by atoms with Gasteiger partial charge in [-0.3, -0.25) is 9.59 Å². The van der Waals surface area contributed by atoms with E-state index in [1.54, 1.807) is 75.4 Å². The van der Waals surface area contributed by atoms with Gasteiger partial charge in [0.05, 0.1) is 23.8 Å². The number of benzene rings is 3. The maximum absolute atomic E-state index is 13.7. The highest BCUT2D eigenvalue weighted by molar-refractivity contribution is 7.72. The Balaban J connectivity index is 2.21. The molecule has 3 aromatic rings. The number of rotatable bonds is 9. The van der Waals surface area contributed by atoms with Gasteiger partial charge in [-0.2, -0.15) is 0 Å². The van der Waals surface area contributed by atoms with Crippen LogP contribution in [0.1, 0.15) is 45.7 Å². The SMILES string of the molecule is CCOc1ccc(C(=O)c2ccccc2)c(OCC)c1[PH](=O)C(=O)c1c(C)cccc1Cl. The maximum Gasteiger partial charge on any atom is 0.224 e. The molecule has 0 aliphatic heterocycles. The molecule has 0 saturated carbocycles. The molecule has 0 aliphatic rings. The second-order valence-electron chi connectivity index (χ2n) is 6.97. The molecule has 0 N–H and O–H groups in total. The van der Waals surface area contributed by atoms with E-state index in [1.165, 1.54) is 0 Å². The first-order valence-corrected chi connectivity index (χ1v) is 12.1. The molecule has 0 bridgehead atoms. The number of hydrogen-bond acceptors (Lipinski definition) is 5. The molecule has 5 nitrogen and oxygen atoms in total. The zero-order chi connectivity index (χ0) is 23.3. The van der Waals surface area contributed by atoms with E-state index in [2.05, 4.69) is 0 Å². The quantitative estimate of drug-likeness (QED) is 0.296. The summed E-state index contributed by atoms with van der Waals surface area (Å²) in [6, 6.07) is 16.9. The van der Waals surface area contributed by atoms with Crippen LogP contribution in [-0.2, 0) is 4.57 Å². The molecule has 0 amide bonds. The lowest BCUT2D eigenvalue weighted by atomic mass is 10.0. The van der Waals surface area contributed by atoms with Gasteiger partial charge < -0.3 is 14.0 Å². The molecular formula is C25H24ClO5P. The molecule has 166 valence electrons. The summed E-state index contributed by atoms with van der Waals surface area (Å²) < 4.78 is 25.1. The molecule has 0 spiro atoms. The summed E-state index contributed by atoms with van der Waals surface area (Å²) in [5.74, 6) is 0.0614. The Hall–Kier alpha value is -2.88. The fourth-order valence-electron chi connectivity index (χ4n) is 3.42. The molecule has 0 saturated heterocycles. The van der Waals surface area contributed by atoms with Gasteiger partial charge in [0, 0.05) is 11.1 Å². The minimum Gasteiger partial charge on any atom is -0.493 e. The topological polar surface area (TPSA) is 69.7 Å². The first-order chi connectivity index (χ1) is 15.4. The van der Waals surface area contributed by atoms with Crippen molar-refractivity contribution in [2.75, 3.05) is 13.2 Å². The maximum atomic E-state index is 13.7. The molecule has 0 aliphatic carbocycles. The van der Waals surface area contributed by atoms with E-state index < -0.39 is 13.3 Å². The van der Waals surface area contributed by atoms with Crippen LogP contribution in [-0.4, -0.2) is 24.5 Å². The Morgan fingerprint density at radius 3 is 2.22 bits per heavy atom. The summed E-state index contributed by atoms with van der Waals surface area (Å²) in [5.41, 5.74) is 0.885. The Morgan fingerprint density at radius 2 is 1.59 bits per heavy atom. The fraction of sp³-hybridized carbons (Fsp3) is 0.200. The van der Waals surface area contributed by atoms with Crippen molar-refractivity contribution in [1.29, 1.82) is 0 Å². The fourth-order valence-corrected chi connectivity index (χ4v) is 5.39. The van der Waals surface area contributed by atoms with E-state index in [1.807, 2.05) is 6.07 Å². The second kappa shape index (κ2) is 10.6. The van der Waals surface area contributed by atoms with Gasteiger partial charge in [0.1, 0.15) is 16.8 Å². The van der Waals surface area contributed by atoms with Gasteiger partial charge in [-0.1, -0.05) is 54.1 Å².